The van der Waals surface area contributed by atoms with Gasteiger partial charge in [0.05, 0.1) is 0 Å². The van der Waals surface area contributed by atoms with Crippen molar-refractivity contribution in [2.24, 2.45) is 0 Å². The van der Waals surface area contributed by atoms with E-state index in [-0.39, 0.29) is 11.3 Å². The molecule has 2 aromatic carbocycles. The summed E-state index contributed by atoms with van der Waals surface area (Å²) in [4.78, 5) is 12.9. The molecular formula is C24H31NO3. The number of rotatable bonds is 7. The normalized spacial score (nSPS) is 17.0. The first kappa shape index (κ1) is 20.4. The van der Waals surface area contributed by atoms with Crippen LogP contribution in [0.25, 0.3) is 0 Å². The van der Waals surface area contributed by atoms with Crippen LogP contribution in [-0.4, -0.2) is 31.8 Å². The summed E-state index contributed by atoms with van der Waals surface area (Å²) in [6, 6.07) is 16.5. The third-order valence-electron chi connectivity index (χ3n) is 5.70. The first-order valence-electron chi connectivity index (χ1n) is 10.2. The molecule has 1 fully saturated rings. The van der Waals surface area contributed by atoms with E-state index >= 15 is 0 Å². The van der Waals surface area contributed by atoms with Gasteiger partial charge in [-0.05, 0) is 50.3 Å². The molecule has 1 N–H and O–H groups in total. The van der Waals surface area contributed by atoms with E-state index in [9.17, 15) is 4.79 Å². The zero-order valence-electron chi connectivity index (χ0n) is 17.2. The highest BCUT2D eigenvalue weighted by Crippen LogP contribution is 2.34. The second kappa shape index (κ2) is 9.24. The molecule has 1 aliphatic rings. The fourth-order valence-corrected chi connectivity index (χ4v) is 3.90. The van der Waals surface area contributed by atoms with Crippen LogP contribution < -0.4 is 10.1 Å². The van der Waals surface area contributed by atoms with Crippen molar-refractivity contribution in [1.82, 2.24) is 5.32 Å². The topological polar surface area (TPSA) is 47.6 Å². The van der Waals surface area contributed by atoms with Gasteiger partial charge in [-0.25, -0.2) is 0 Å². The van der Waals surface area contributed by atoms with Gasteiger partial charge in [0.1, 0.15) is 5.75 Å². The van der Waals surface area contributed by atoms with Crippen LogP contribution in [-0.2, 0) is 14.9 Å². The number of carbonyl (C=O) groups is 1. The molecule has 0 bridgehead atoms. The maximum atomic E-state index is 12.9. The molecule has 1 amide bonds. The summed E-state index contributed by atoms with van der Waals surface area (Å²) < 4.78 is 11.6. The lowest BCUT2D eigenvalue weighted by atomic mass is 9.74. The Labute approximate surface area is 168 Å². The van der Waals surface area contributed by atoms with E-state index in [1.807, 2.05) is 32.0 Å². The largest absolute Gasteiger partial charge is 0.480 e. The Morgan fingerprint density at radius 2 is 1.86 bits per heavy atom. The van der Waals surface area contributed by atoms with Crippen LogP contribution in [0.1, 0.15) is 42.9 Å². The number of amides is 1. The molecule has 4 heteroatoms. The predicted octanol–water partition coefficient (Wildman–Crippen LogP) is 4.33. The number of hydrogen-bond acceptors (Lipinski definition) is 3. The van der Waals surface area contributed by atoms with E-state index in [0.29, 0.717) is 13.0 Å². The zero-order valence-corrected chi connectivity index (χ0v) is 17.2. The second-order valence-electron chi connectivity index (χ2n) is 7.76. The van der Waals surface area contributed by atoms with Crippen molar-refractivity contribution >= 4 is 5.91 Å². The molecule has 0 aromatic heterocycles. The van der Waals surface area contributed by atoms with Crippen LogP contribution in [0, 0.1) is 13.8 Å². The molecule has 1 heterocycles. The summed E-state index contributed by atoms with van der Waals surface area (Å²) in [6.07, 6.45) is 1.95. The van der Waals surface area contributed by atoms with E-state index in [0.717, 1.165) is 37.4 Å². The molecule has 150 valence electrons. The van der Waals surface area contributed by atoms with E-state index in [4.69, 9.17) is 9.47 Å². The molecule has 0 radical (unpaired) electrons. The van der Waals surface area contributed by atoms with Gasteiger partial charge in [-0.15, -0.1) is 0 Å². The van der Waals surface area contributed by atoms with Gasteiger partial charge < -0.3 is 14.8 Å². The van der Waals surface area contributed by atoms with Crippen molar-refractivity contribution in [2.75, 3.05) is 19.8 Å². The van der Waals surface area contributed by atoms with E-state index in [2.05, 4.69) is 42.6 Å². The van der Waals surface area contributed by atoms with Gasteiger partial charge in [0, 0.05) is 25.2 Å². The lowest BCUT2D eigenvalue weighted by Gasteiger charge is -2.38. The lowest BCUT2D eigenvalue weighted by Crippen LogP contribution is -2.48. The Bertz CT molecular complexity index is 782. The van der Waals surface area contributed by atoms with Crippen LogP contribution >= 0.6 is 0 Å². The minimum absolute atomic E-state index is 0.0516. The van der Waals surface area contributed by atoms with E-state index in [1.54, 1.807) is 0 Å². The minimum atomic E-state index is -0.492. The standard InChI is InChI=1S/C24H31NO3/c1-4-21(28-22-11-10-18(2)16-19(22)3)23(26)25-17-24(12-14-27-15-13-24)20-8-6-5-7-9-20/h5-11,16,21H,4,12-15,17H2,1-3H3,(H,25,26). The summed E-state index contributed by atoms with van der Waals surface area (Å²) in [6.45, 7) is 8.10. The smallest absolute Gasteiger partial charge is 0.261 e. The number of carbonyl (C=O) groups excluding carboxylic acids is 1. The molecule has 1 atom stereocenters. The van der Waals surface area contributed by atoms with Gasteiger partial charge >= 0.3 is 0 Å². The number of hydrogen-bond donors (Lipinski definition) is 1. The Hall–Kier alpha value is -2.33. The molecule has 28 heavy (non-hydrogen) atoms. The second-order valence-corrected chi connectivity index (χ2v) is 7.76. The molecule has 1 saturated heterocycles. The summed E-state index contributed by atoms with van der Waals surface area (Å²) in [7, 11) is 0. The maximum Gasteiger partial charge on any atom is 0.261 e. The average Bonchev–Trinajstić information content (AvgIpc) is 2.73. The summed E-state index contributed by atoms with van der Waals surface area (Å²) in [5, 5.41) is 3.17. The van der Waals surface area contributed by atoms with Gasteiger partial charge in [0.15, 0.2) is 6.10 Å². The fourth-order valence-electron chi connectivity index (χ4n) is 3.90. The summed E-state index contributed by atoms with van der Waals surface area (Å²) in [5.74, 6) is 0.723. The van der Waals surface area contributed by atoms with Crippen molar-refractivity contribution in [3.8, 4) is 5.75 Å². The molecular weight excluding hydrogens is 350 g/mol. The highest BCUT2D eigenvalue weighted by Gasteiger charge is 2.35. The first-order valence-corrected chi connectivity index (χ1v) is 10.2. The maximum absolute atomic E-state index is 12.9. The van der Waals surface area contributed by atoms with Crippen LogP contribution in [0.2, 0.25) is 0 Å². The highest BCUT2D eigenvalue weighted by molar-refractivity contribution is 5.81. The Kier molecular flexibility index (Phi) is 6.74. The van der Waals surface area contributed by atoms with Crippen LogP contribution in [0.3, 0.4) is 0 Å². The molecule has 0 aliphatic carbocycles. The Morgan fingerprint density at radius 1 is 1.14 bits per heavy atom. The lowest BCUT2D eigenvalue weighted by molar-refractivity contribution is -0.128. The third kappa shape index (κ3) is 4.74. The molecule has 0 saturated carbocycles. The van der Waals surface area contributed by atoms with Crippen LogP contribution in [0.15, 0.2) is 48.5 Å². The third-order valence-corrected chi connectivity index (χ3v) is 5.70. The molecule has 1 unspecified atom stereocenters. The SMILES string of the molecule is CCC(Oc1ccc(C)cc1C)C(=O)NCC1(c2ccccc2)CCOCC1. The molecule has 0 spiro atoms. The number of benzene rings is 2. The van der Waals surface area contributed by atoms with Gasteiger partial charge in [-0.3, -0.25) is 4.79 Å². The summed E-state index contributed by atoms with van der Waals surface area (Å²) >= 11 is 0. The quantitative estimate of drug-likeness (QED) is 0.777. The van der Waals surface area contributed by atoms with Crippen LogP contribution in [0.5, 0.6) is 5.75 Å². The van der Waals surface area contributed by atoms with Crippen LogP contribution in [0.4, 0.5) is 0 Å². The van der Waals surface area contributed by atoms with Crippen molar-refractivity contribution < 1.29 is 14.3 Å². The minimum Gasteiger partial charge on any atom is -0.480 e. The van der Waals surface area contributed by atoms with Crippen molar-refractivity contribution in [2.45, 2.75) is 51.6 Å². The monoisotopic (exact) mass is 381 g/mol. The number of nitrogens with one attached hydrogen (secondary N) is 1. The fraction of sp³-hybridized carbons (Fsp3) is 0.458. The Morgan fingerprint density at radius 3 is 2.50 bits per heavy atom. The Balaban J connectivity index is 1.69. The summed E-state index contributed by atoms with van der Waals surface area (Å²) in [5.41, 5.74) is 3.43. The molecule has 4 nitrogen and oxygen atoms in total. The van der Waals surface area contributed by atoms with Gasteiger partial charge in [0.25, 0.3) is 5.91 Å². The molecule has 3 rings (SSSR count). The molecule has 1 aliphatic heterocycles. The van der Waals surface area contributed by atoms with E-state index in [1.165, 1.54) is 11.1 Å². The first-order chi connectivity index (χ1) is 13.5. The van der Waals surface area contributed by atoms with Gasteiger partial charge in [-0.2, -0.15) is 0 Å². The molecule has 2 aromatic rings. The highest BCUT2D eigenvalue weighted by atomic mass is 16.5. The number of aryl methyl sites for hydroxylation is 2. The predicted molar refractivity (Wildman–Crippen MR) is 112 cm³/mol. The van der Waals surface area contributed by atoms with Crippen molar-refractivity contribution in [3.05, 3.63) is 65.2 Å². The number of ether oxygens (including phenoxy) is 2. The van der Waals surface area contributed by atoms with Crippen molar-refractivity contribution in [3.63, 3.8) is 0 Å². The van der Waals surface area contributed by atoms with Gasteiger partial charge in [0.2, 0.25) is 0 Å². The zero-order chi connectivity index (χ0) is 20.0. The van der Waals surface area contributed by atoms with Gasteiger partial charge in [-0.1, -0.05) is 55.0 Å². The average molecular weight is 382 g/mol. The van der Waals surface area contributed by atoms with Crippen molar-refractivity contribution in [1.29, 1.82) is 0 Å². The van der Waals surface area contributed by atoms with E-state index < -0.39 is 6.10 Å².